The van der Waals surface area contributed by atoms with Gasteiger partial charge >= 0.3 is 12.1 Å². The van der Waals surface area contributed by atoms with E-state index >= 15 is 0 Å². The molecule has 0 fully saturated rings. The maximum absolute atomic E-state index is 12.8. The van der Waals surface area contributed by atoms with Gasteiger partial charge in [0.2, 0.25) is 5.69 Å². The number of aromatic carboxylic acids is 1. The fraction of sp³-hybridized carbons (Fsp3) is 0.700. The Labute approximate surface area is 107 Å². The summed E-state index contributed by atoms with van der Waals surface area (Å²) in [5, 5.41) is 15.1. The van der Waals surface area contributed by atoms with Gasteiger partial charge in [-0.25, -0.2) is 9.48 Å². The van der Waals surface area contributed by atoms with Gasteiger partial charge in [0.25, 0.3) is 0 Å². The number of likely N-dealkylation sites (N-methyl/N-ethyl adjacent to an activating group) is 1. The third kappa shape index (κ3) is 3.66. The van der Waals surface area contributed by atoms with Gasteiger partial charge in [-0.2, -0.15) is 13.2 Å². The molecule has 0 unspecified atom stereocenters. The van der Waals surface area contributed by atoms with Crippen LogP contribution in [0.25, 0.3) is 0 Å². The highest BCUT2D eigenvalue weighted by Gasteiger charge is 2.41. The van der Waals surface area contributed by atoms with E-state index in [9.17, 15) is 18.0 Å². The Morgan fingerprint density at radius 3 is 2.37 bits per heavy atom. The summed E-state index contributed by atoms with van der Waals surface area (Å²) in [5.74, 6) is -1.73. The summed E-state index contributed by atoms with van der Waals surface area (Å²) < 4.78 is 39.0. The van der Waals surface area contributed by atoms with Crippen LogP contribution in [-0.4, -0.2) is 50.6 Å². The third-order valence-electron chi connectivity index (χ3n) is 2.73. The van der Waals surface area contributed by atoms with Crippen LogP contribution in [0.3, 0.4) is 0 Å². The van der Waals surface area contributed by atoms with E-state index in [-0.39, 0.29) is 6.54 Å². The monoisotopic (exact) mass is 280 g/mol. The van der Waals surface area contributed by atoms with Crippen LogP contribution in [0.5, 0.6) is 0 Å². The van der Waals surface area contributed by atoms with Crippen molar-refractivity contribution in [3.8, 4) is 0 Å². The summed E-state index contributed by atoms with van der Waals surface area (Å²) in [6.07, 6.45) is -4.79. The maximum Gasteiger partial charge on any atom is 0.435 e. The topological polar surface area (TPSA) is 71.2 Å². The second kappa shape index (κ2) is 6.00. The third-order valence-corrected chi connectivity index (χ3v) is 2.73. The van der Waals surface area contributed by atoms with Crippen molar-refractivity contribution in [1.29, 1.82) is 0 Å². The summed E-state index contributed by atoms with van der Waals surface area (Å²) in [7, 11) is 0. The summed E-state index contributed by atoms with van der Waals surface area (Å²) in [4.78, 5) is 12.6. The number of hydrogen-bond acceptors (Lipinski definition) is 4. The molecule has 108 valence electrons. The van der Waals surface area contributed by atoms with Gasteiger partial charge < -0.3 is 10.0 Å². The summed E-state index contributed by atoms with van der Waals surface area (Å²) >= 11 is 0. The molecule has 6 nitrogen and oxygen atoms in total. The van der Waals surface area contributed by atoms with Crippen LogP contribution in [0.2, 0.25) is 0 Å². The molecule has 0 radical (unpaired) electrons. The molecular formula is C10H15F3N4O2. The van der Waals surface area contributed by atoms with Crippen molar-refractivity contribution >= 4 is 5.97 Å². The molecule has 0 saturated carbocycles. The Balaban J connectivity index is 2.99. The zero-order valence-corrected chi connectivity index (χ0v) is 10.6. The number of alkyl halides is 3. The lowest BCUT2D eigenvalue weighted by molar-refractivity contribution is -0.144. The first-order chi connectivity index (χ1) is 8.81. The number of aromatic nitrogens is 3. The fourth-order valence-electron chi connectivity index (χ4n) is 1.67. The van der Waals surface area contributed by atoms with E-state index in [0.29, 0.717) is 24.3 Å². The predicted octanol–water partition coefficient (Wildman–Crippen LogP) is 1.34. The normalized spacial score (nSPS) is 12.1. The first-order valence-electron chi connectivity index (χ1n) is 5.77. The highest BCUT2D eigenvalue weighted by atomic mass is 19.4. The first kappa shape index (κ1) is 15.4. The number of carbonyl (C=O) groups is 1. The number of hydrogen-bond donors (Lipinski definition) is 1. The highest BCUT2D eigenvalue weighted by Crippen LogP contribution is 2.31. The molecular weight excluding hydrogens is 265 g/mol. The number of rotatable bonds is 6. The van der Waals surface area contributed by atoms with Gasteiger partial charge in [-0.1, -0.05) is 19.1 Å². The number of nitrogens with zero attached hydrogens (tertiary/aromatic N) is 4. The van der Waals surface area contributed by atoms with Crippen LogP contribution >= 0.6 is 0 Å². The van der Waals surface area contributed by atoms with E-state index in [0.717, 1.165) is 0 Å². The van der Waals surface area contributed by atoms with E-state index in [1.807, 2.05) is 18.7 Å². The maximum atomic E-state index is 12.8. The molecule has 9 heteroatoms. The quantitative estimate of drug-likeness (QED) is 0.851. The van der Waals surface area contributed by atoms with Gasteiger partial charge in [-0.05, 0) is 13.1 Å². The van der Waals surface area contributed by atoms with Crippen molar-refractivity contribution in [1.82, 2.24) is 19.9 Å². The molecule has 0 bridgehead atoms. The Kier molecular flexibility index (Phi) is 4.87. The molecule has 1 heterocycles. The van der Waals surface area contributed by atoms with Crippen LogP contribution in [-0.2, 0) is 12.7 Å². The summed E-state index contributed by atoms with van der Waals surface area (Å²) in [5.41, 5.74) is -2.38. The Morgan fingerprint density at radius 2 is 1.95 bits per heavy atom. The molecule has 0 saturated heterocycles. The zero-order chi connectivity index (χ0) is 14.6. The lowest BCUT2D eigenvalue weighted by atomic mass is 10.3. The molecule has 1 rings (SSSR count). The van der Waals surface area contributed by atoms with E-state index in [4.69, 9.17) is 5.11 Å². The Bertz CT molecular complexity index is 440. The molecule has 0 aliphatic heterocycles. The SMILES string of the molecule is CCN(CC)CCn1nnc(C(=O)O)c1C(F)(F)F. The van der Waals surface area contributed by atoms with E-state index in [1.165, 1.54) is 0 Å². The molecule has 0 aromatic carbocycles. The fourth-order valence-corrected chi connectivity index (χ4v) is 1.67. The minimum Gasteiger partial charge on any atom is -0.476 e. The van der Waals surface area contributed by atoms with Crippen LogP contribution in [0.4, 0.5) is 13.2 Å². The summed E-state index contributed by atoms with van der Waals surface area (Å²) in [6.45, 7) is 5.45. The van der Waals surface area contributed by atoms with Crippen molar-refractivity contribution in [3.05, 3.63) is 11.4 Å². The van der Waals surface area contributed by atoms with Crippen LogP contribution in [0, 0.1) is 0 Å². The second-order valence-corrected chi connectivity index (χ2v) is 3.84. The lowest BCUT2D eigenvalue weighted by Gasteiger charge is -2.18. The van der Waals surface area contributed by atoms with E-state index in [2.05, 4.69) is 10.3 Å². The standard InChI is InChI=1S/C10H15F3N4O2/c1-3-16(4-2)5-6-17-8(10(11,12)13)7(9(18)19)14-15-17/h3-6H2,1-2H3,(H,18,19). The van der Waals surface area contributed by atoms with Gasteiger partial charge in [-0.3, -0.25) is 0 Å². The van der Waals surface area contributed by atoms with Crippen LogP contribution in [0.15, 0.2) is 0 Å². The average molecular weight is 280 g/mol. The minimum absolute atomic E-state index is 0.0587. The zero-order valence-electron chi connectivity index (χ0n) is 10.6. The Hall–Kier alpha value is -1.64. The van der Waals surface area contributed by atoms with E-state index in [1.54, 1.807) is 0 Å². The van der Waals surface area contributed by atoms with Gasteiger partial charge in [0.05, 0.1) is 6.54 Å². The molecule has 0 atom stereocenters. The molecule has 1 aromatic rings. The smallest absolute Gasteiger partial charge is 0.435 e. The minimum atomic E-state index is -4.79. The first-order valence-corrected chi connectivity index (χ1v) is 5.77. The van der Waals surface area contributed by atoms with E-state index < -0.39 is 23.5 Å². The second-order valence-electron chi connectivity index (χ2n) is 3.84. The predicted molar refractivity (Wildman–Crippen MR) is 59.8 cm³/mol. The molecule has 0 amide bonds. The van der Waals surface area contributed by atoms with Crippen molar-refractivity contribution in [2.24, 2.45) is 0 Å². The van der Waals surface area contributed by atoms with Gasteiger partial charge in [0, 0.05) is 6.54 Å². The van der Waals surface area contributed by atoms with Gasteiger partial charge in [-0.15, -0.1) is 5.10 Å². The van der Waals surface area contributed by atoms with Crippen molar-refractivity contribution in [2.45, 2.75) is 26.6 Å². The van der Waals surface area contributed by atoms with Gasteiger partial charge in [0.1, 0.15) is 0 Å². The molecule has 19 heavy (non-hydrogen) atoms. The number of halogens is 3. The van der Waals surface area contributed by atoms with Crippen LogP contribution < -0.4 is 0 Å². The largest absolute Gasteiger partial charge is 0.476 e. The lowest BCUT2D eigenvalue weighted by Crippen LogP contribution is -2.29. The molecule has 0 aliphatic rings. The van der Waals surface area contributed by atoms with Crippen LogP contribution in [0.1, 0.15) is 30.0 Å². The summed E-state index contributed by atoms with van der Waals surface area (Å²) in [6, 6.07) is 0. The molecule has 1 aromatic heterocycles. The number of carboxylic acids is 1. The highest BCUT2D eigenvalue weighted by molar-refractivity contribution is 5.86. The molecule has 0 aliphatic carbocycles. The number of carboxylic acid groups (broad SMARTS) is 1. The Morgan fingerprint density at radius 1 is 1.37 bits per heavy atom. The average Bonchev–Trinajstić information content (AvgIpc) is 2.74. The van der Waals surface area contributed by atoms with Crippen molar-refractivity contribution in [3.63, 3.8) is 0 Å². The molecule has 1 N–H and O–H groups in total. The van der Waals surface area contributed by atoms with Crippen molar-refractivity contribution < 1.29 is 23.1 Å². The van der Waals surface area contributed by atoms with Crippen molar-refractivity contribution in [2.75, 3.05) is 19.6 Å². The molecule has 0 spiro atoms. The van der Waals surface area contributed by atoms with Gasteiger partial charge in [0.15, 0.2) is 5.69 Å².